The van der Waals surface area contributed by atoms with Gasteiger partial charge in [0.2, 0.25) is 5.91 Å². The predicted octanol–water partition coefficient (Wildman–Crippen LogP) is 2.77. The third-order valence-electron chi connectivity index (χ3n) is 5.80. The number of carbonyl (C=O) groups excluding carboxylic acids is 1. The van der Waals surface area contributed by atoms with Gasteiger partial charge in [0.25, 0.3) is 0 Å². The molecule has 0 spiro atoms. The SMILES string of the molecule is CN1CCN(C(=O)CC2CCN(c3ccnc4cc(Br)cnc34)CC2)CC1. The van der Waals surface area contributed by atoms with E-state index in [9.17, 15) is 4.79 Å². The number of piperazine rings is 1. The quantitative estimate of drug-likeness (QED) is 0.747. The fraction of sp³-hybridized carbons (Fsp3) is 0.550. The monoisotopic (exact) mass is 431 g/mol. The standard InChI is InChI=1S/C20H26BrN5O/c1-24-8-10-26(11-9-24)19(27)12-15-3-6-25(7-4-15)18-2-5-22-17-13-16(21)14-23-20(17)18/h2,5,13-15H,3-4,6-12H2,1H3. The summed E-state index contributed by atoms with van der Waals surface area (Å²) in [6.45, 7) is 5.66. The maximum Gasteiger partial charge on any atom is 0.222 e. The van der Waals surface area contributed by atoms with Crippen molar-refractivity contribution in [3.05, 3.63) is 29.0 Å². The highest BCUT2D eigenvalue weighted by molar-refractivity contribution is 9.10. The van der Waals surface area contributed by atoms with Gasteiger partial charge in [0.05, 0.1) is 11.2 Å². The lowest BCUT2D eigenvalue weighted by Gasteiger charge is -2.36. The van der Waals surface area contributed by atoms with Crippen molar-refractivity contribution in [2.45, 2.75) is 19.3 Å². The topological polar surface area (TPSA) is 52.6 Å². The Balaban J connectivity index is 1.36. The highest BCUT2D eigenvalue weighted by Gasteiger charge is 2.26. The Morgan fingerprint density at radius 3 is 2.63 bits per heavy atom. The normalized spacial score (nSPS) is 19.6. The maximum atomic E-state index is 12.6. The van der Waals surface area contributed by atoms with Gasteiger partial charge >= 0.3 is 0 Å². The third kappa shape index (κ3) is 4.24. The summed E-state index contributed by atoms with van der Waals surface area (Å²) >= 11 is 3.47. The van der Waals surface area contributed by atoms with Gasteiger partial charge in [-0.05, 0) is 53.9 Å². The molecule has 0 aromatic carbocycles. The summed E-state index contributed by atoms with van der Waals surface area (Å²) in [5, 5.41) is 0. The summed E-state index contributed by atoms with van der Waals surface area (Å²) in [7, 11) is 2.12. The van der Waals surface area contributed by atoms with Crippen LogP contribution < -0.4 is 4.90 Å². The van der Waals surface area contributed by atoms with Crippen LogP contribution in [0.2, 0.25) is 0 Å². The van der Waals surface area contributed by atoms with Gasteiger partial charge in [-0.15, -0.1) is 0 Å². The zero-order valence-electron chi connectivity index (χ0n) is 15.8. The molecule has 0 aliphatic carbocycles. The first kappa shape index (κ1) is 18.6. The fourth-order valence-corrected chi connectivity index (χ4v) is 4.38. The number of likely N-dealkylation sites (N-methyl/N-ethyl adjacent to an activating group) is 1. The summed E-state index contributed by atoms with van der Waals surface area (Å²) in [4.78, 5) is 28.3. The zero-order chi connectivity index (χ0) is 18.8. The van der Waals surface area contributed by atoms with Crippen molar-refractivity contribution in [2.75, 3.05) is 51.2 Å². The smallest absolute Gasteiger partial charge is 0.222 e. The van der Waals surface area contributed by atoms with Crippen molar-refractivity contribution in [3.8, 4) is 0 Å². The second kappa shape index (κ2) is 8.10. The fourth-order valence-electron chi connectivity index (χ4n) is 4.06. The molecular weight excluding hydrogens is 406 g/mol. The molecule has 0 unspecified atom stereocenters. The van der Waals surface area contributed by atoms with Crippen molar-refractivity contribution in [1.29, 1.82) is 0 Å². The molecule has 0 N–H and O–H groups in total. The molecule has 0 saturated carbocycles. The largest absolute Gasteiger partial charge is 0.370 e. The average molecular weight is 432 g/mol. The molecule has 7 heteroatoms. The molecule has 4 rings (SSSR count). The number of fused-ring (bicyclic) bond motifs is 1. The van der Waals surface area contributed by atoms with Crippen molar-refractivity contribution in [1.82, 2.24) is 19.8 Å². The highest BCUT2D eigenvalue weighted by atomic mass is 79.9. The summed E-state index contributed by atoms with van der Waals surface area (Å²) in [6.07, 6.45) is 6.49. The van der Waals surface area contributed by atoms with Crippen LogP contribution >= 0.6 is 15.9 Å². The van der Waals surface area contributed by atoms with E-state index in [1.807, 2.05) is 23.4 Å². The minimum atomic E-state index is 0.336. The van der Waals surface area contributed by atoms with E-state index in [-0.39, 0.29) is 0 Å². The van der Waals surface area contributed by atoms with Gasteiger partial charge in [0.1, 0.15) is 5.52 Å². The number of carbonyl (C=O) groups is 1. The predicted molar refractivity (Wildman–Crippen MR) is 111 cm³/mol. The Bertz CT molecular complexity index is 813. The lowest BCUT2D eigenvalue weighted by Crippen LogP contribution is -2.47. The summed E-state index contributed by atoms with van der Waals surface area (Å²) in [6, 6.07) is 4.06. The Kier molecular flexibility index (Phi) is 5.59. The van der Waals surface area contributed by atoms with Crippen LogP contribution in [0.4, 0.5) is 5.69 Å². The van der Waals surface area contributed by atoms with Crippen LogP contribution in [0.25, 0.3) is 11.0 Å². The molecule has 0 radical (unpaired) electrons. The molecule has 2 fully saturated rings. The Morgan fingerprint density at radius 1 is 1.15 bits per heavy atom. The molecule has 2 aliphatic heterocycles. The molecule has 0 bridgehead atoms. The van der Waals surface area contributed by atoms with Crippen molar-refractivity contribution in [3.63, 3.8) is 0 Å². The number of rotatable bonds is 3. The van der Waals surface area contributed by atoms with E-state index in [0.29, 0.717) is 18.2 Å². The maximum absolute atomic E-state index is 12.6. The van der Waals surface area contributed by atoms with Crippen LogP contribution in [-0.2, 0) is 4.79 Å². The van der Waals surface area contributed by atoms with E-state index < -0.39 is 0 Å². The van der Waals surface area contributed by atoms with E-state index >= 15 is 0 Å². The molecule has 2 aromatic rings. The second-order valence-electron chi connectivity index (χ2n) is 7.67. The van der Waals surface area contributed by atoms with Gasteiger partial charge in [-0.2, -0.15) is 0 Å². The second-order valence-corrected chi connectivity index (χ2v) is 8.59. The molecule has 2 aliphatic rings. The minimum absolute atomic E-state index is 0.336. The molecule has 4 heterocycles. The van der Waals surface area contributed by atoms with Gasteiger partial charge in [0.15, 0.2) is 0 Å². The van der Waals surface area contributed by atoms with Crippen LogP contribution in [-0.4, -0.2) is 72.0 Å². The molecule has 6 nitrogen and oxygen atoms in total. The number of aromatic nitrogens is 2. The van der Waals surface area contributed by atoms with Crippen LogP contribution in [0.1, 0.15) is 19.3 Å². The molecule has 2 saturated heterocycles. The first-order chi connectivity index (χ1) is 13.1. The van der Waals surface area contributed by atoms with Gasteiger partial charge in [-0.1, -0.05) is 0 Å². The number of nitrogens with zero attached hydrogens (tertiary/aromatic N) is 5. The number of amides is 1. The van der Waals surface area contributed by atoms with Crippen LogP contribution in [0, 0.1) is 5.92 Å². The highest BCUT2D eigenvalue weighted by Crippen LogP contribution is 2.30. The van der Waals surface area contributed by atoms with E-state index in [2.05, 4.69) is 48.8 Å². The minimum Gasteiger partial charge on any atom is -0.370 e. The van der Waals surface area contributed by atoms with E-state index in [1.165, 1.54) is 0 Å². The first-order valence-corrected chi connectivity index (χ1v) is 10.5. The van der Waals surface area contributed by atoms with Crippen LogP contribution in [0.5, 0.6) is 0 Å². The lowest BCUT2D eigenvalue weighted by atomic mass is 9.92. The molecule has 27 heavy (non-hydrogen) atoms. The summed E-state index contributed by atoms with van der Waals surface area (Å²) in [5.41, 5.74) is 3.01. The van der Waals surface area contributed by atoms with Crippen molar-refractivity contribution >= 4 is 38.6 Å². The molecule has 2 aromatic heterocycles. The van der Waals surface area contributed by atoms with E-state index in [0.717, 1.165) is 73.3 Å². The third-order valence-corrected chi connectivity index (χ3v) is 6.23. The molecule has 1 amide bonds. The number of anilines is 1. The molecule has 0 atom stereocenters. The van der Waals surface area contributed by atoms with Crippen molar-refractivity contribution in [2.24, 2.45) is 5.92 Å². The number of halogens is 1. The van der Waals surface area contributed by atoms with Crippen molar-refractivity contribution < 1.29 is 4.79 Å². The van der Waals surface area contributed by atoms with Gasteiger partial charge in [-0.25, -0.2) is 0 Å². The van der Waals surface area contributed by atoms with Gasteiger partial charge in [0, 0.05) is 62.6 Å². The summed E-state index contributed by atoms with van der Waals surface area (Å²) < 4.78 is 0.945. The average Bonchev–Trinajstić information content (AvgIpc) is 2.68. The van der Waals surface area contributed by atoms with Gasteiger partial charge < -0.3 is 14.7 Å². The molecule has 144 valence electrons. The van der Waals surface area contributed by atoms with Crippen LogP contribution in [0.15, 0.2) is 29.0 Å². The number of piperidine rings is 1. The van der Waals surface area contributed by atoms with Gasteiger partial charge in [-0.3, -0.25) is 14.8 Å². The first-order valence-electron chi connectivity index (χ1n) is 9.71. The molecular formula is C20H26BrN5O. The van der Waals surface area contributed by atoms with E-state index in [4.69, 9.17) is 0 Å². The Hall–Kier alpha value is -1.73. The number of hydrogen-bond donors (Lipinski definition) is 0. The lowest BCUT2D eigenvalue weighted by molar-refractivity contribution is -0.133. The van der Waals surface area contributed by atoms with E-state index in [1.54, 1.807) is 0 Å². The Labute approximate surface area is 168 Å². The zero-order valence-corrected chi connectivity index (χ0v) is 17.4. The number of pyridine rings is 2. The number of hydrogen-bond acceptors (Lipinski definition) is 5. The Morgan fingerprint density at radius 2 is 1.89 bits per heavy atom. The van der Waals surface area contributed by atoms with Crippen LogP contribution in [0.3, 0.4) is 0 Å². The summed E-state index contributed by atoms with van der Waals surface area (Å²) in [5.74, 6) is 0.825.